The van der Waals surface area contributed by atoms with E-state index in [1.165, 1.54) is 0 Å². The van der Waals surface area contributed by atoms with E-state index in [0.717, 1.165) is 10.0 Å². The fourth-order valence-corrected chi connectivity index (χ4v) is 1.66. The second kappa shape index (κ2) is 6.24. The molecule has 0 aliphatic carbocycles. The quantitative estimate of drug-likeness (QED) is 0.340. The molecule has 1 unspecified atom stereocenters. The smallest absolute Gasteiger partial charge is 0.230 e. The summed E-state index contributed by atoms with van der Waals surface area (Å²) in [6.45, 7) is 1.98. The molecule has 17 heavy (non-hydrogen) atoms. The number of oxime groups is 1. The molecule has 1 aromatic carbocycles. The Bertz CT molecular complexity index is 434. The van der Waals surface area contributed by atoms with Gasteiger partial charge in [0.1, 0.15) is 0 Å². The van der Waals surface area contributed by atoms with Gasteiger partial charge >= 0.3 is 0 Å². The molecule has 0 bridgehead atoms. The van der Waals surface area contributed by atoms with Crippen molar-refractivity contribution in [2.75, 3.05) is 0 Å². The van der Waals surface area contributed by atoms with Crippen molar-refractivity contribution in [1.29, 1.82) is 0 Å². The molecule has 4 N–H and O–H groups in total. The Kier molecular flexibility index (Phi) is 4.96. The first kappa shape index (κ1) is 13.5. The topological polar surface area (TPSA) is 87.7 Å². The van der Waals surface area contributed by atoms with Crippen molar-refractivity contribution in [3.63, 3.8) is 0 Å². The molecule has 1 aromatic rings. The van der Waals surface area contributed by atoms with Crippen LogP contribution in [0.4, 0.5) is 0 Å². The predicted octanol–water partition coefficient (Wildman–Crippen LogP) is 1.45. The van der Waals surface area contributed by atoms with Crippen LogP contribution in [0.2, 0.25) is 0 Å². The number of halogens is 1. The first-order valence-electron chi connectivity index (χ1n) is 5.04. The van der Waals surface area contributed by atoms with Gasteiger partial charge in [0, 0.05) is 11.0 Å². The third-order valence-electron chi connectivity index (χ3n) is 2.31. The number of nitrogens with two attached hydrogens (primary N) is 1. The minimum atomic E-state index is -0.646. The van der Waals surface area contributed by atoms with Gasteiger partial charge in [-0.25, -0.2) is 0 Å². The van der Waals surface area contributed by atoms with Gasteiger partial charge in [0.15, 0.2) is 5.84 Å². The summed E-state index contributed by atoms with van der Waals surface area (Å²) < 4.78 is 0.953. The number of hydrogen-bond donors (Lipinski definition) is 3. The zero-order chi connectivity index (χ0) is 12.8. The number of amidine groups is 1. The minimum Gasteiger partial charge on any atom is -0.409 e. The fraction of sp³-hybridized carbons (Fsp3) is 0.273. The highest BCUT2D eigenvalue weighted by Crippen LogP contribution is 2.11. The summed E-state index contributed by atoms with van der Waals surface area (Å²) in [5.41, 5.74) is 6.31. The average molecular weight is 300 g/mol. The Morgan fingerprint density at radius 3 is 2.94 bits per heavy atom. The van der Waals surface area contributed by atoms with Crippen LogP contribution in [-0.2, 0) is 11.3 Å². The lowest BCUT2D eigenvalue weighted by atomic mass is 10.1. The average Bonchev–Trinajstić information content (AvgIpc) is 2.34. The molecule has 1 rings (SSSR count). The van der Waals surface area contributed by atoms with E-state index in [-0.39, 0.29) is 11.7 Å². The lowest BCUT2D eigenvalue weighted by molar-refractivity contribution is -0.122. The number of nitrogens with zero attached hydrogens (tertiary/aromatic N) is 1. The van der Waals surface area contributed by atoms with Crippen LogP contribution in [0.1, 0.15) is 12.5 Å². The third-order valence-corrected chi connectivity index (χ3v) is 2.80. The van der Waals surface area contributed by atoms with E-state index in [4.69, 9.17) is 10.9 Å². The van der Waals surface area contributed by atoms with Crippen LogP contribution in [0.5, 0.6) is 0 Å². The van der Waals surface area contributed by atoms with E-state index < -0.39 is 5.92 Å². The lowest BCUT2D eigenvalue weighted by Gasteiger charge is -2.10. The highest BCUT2D eigenvalue weighted by atomic mass is 79.9. The number of nitrogens with one attached hydrogen (secondary N) is 1. The minimum absolute atomic E-state index is 0.100. The molecular weight excluding hydrogens is 286 g/mol. The molecule has 0 aliphatic heterocycles. The largest absolute Gasteiger partial charge is 0.409 e. The second-order valence-electron chi connectivity index (χ2n) is 3.59. The van der Waals surface area contributed by atoms with Gasteiger partial charge in [0.2, 0.25) is 5.91 Å². The SMILES string of the molecule is CC(C(=O)NCc1cccc(Br)c1)/C(N)=N/O. The molecule has 0 fully saturated rings. The van der Waals surface area contributed by atoms with Crippen LogP contribution in [-0.4, -0.2) is 17.0 Å². The number of benzene rings is 1. The van der Waals surface area contributed by atoms with Crippen molar-refractivity contribution in [3.8, 4) is 0 Å². The zero-order valence-corrected chi connectivity index (χ0v) is 10.9. The molecule has 0 radical (unpaired) electrons. The summed E-state index contributed by atoms with van der Waals surface area (Å²) in [7, 11) is 0. The standard InChI is InChI=1S/C11H14BrN3O2/c1-7(10(13)15-17)11(16)14-6-8-3-2-4-9(12)5-8/h2-5,7,17H,6H2,1H3,(H2,13,15)(H,14,16). The van der Waals surface area contributed by atoms with E-state index in [9.17, 15) is 4.79 Å². The van der Waals surface area contributed by atoms with E-state index in [1.807, 2.05) is 24.3 Å². The van der Waals surface area contributed by atoms with Gasteiger partial charge in [0.25, 0.3) is 0 Å². The van der Waals surface area contributed by atoms with E-state index >= 15 is 0 Å². The number of carbonyl (C=O) groups is 1. The maximum Gasteiger partial charge on any atom is 0.230 e. The van der Waals surface area contributed by atoms with Crippen LogP contribution in [0.3, 0.4) is 0 Å². The van der Waals surface area contributed by atoms with Gasteiger partial charge in [0.05, 0.1) is 5.92 Å². The van der Waals surface area contributed by atoms with Crippen LogP contribution < -0.4 is 11.1 Å². The molecule has 1 amide bonds. The monoisotopic (exact) mass is 299 g/mol. The van der Waals surface area contributed by atoms with Gasteiger partial charge in [-0.1, -0.05) is 33.2 Å². The molecule has 0 aliphatic rings. The molecular formula is C11H14BrN3O2. The summed E-state index contributed by atoms with van der Waals surface area (Å²) in [6.07, 6.45) is 0. The Morgan fingerprint density at radius 2 is 2.35 bits per heavy atom. The van der Waals surface area contributed by atoms with E-state index in [1.54, 1.807) is 6.92 Å². The van der Waals surface area contributed by atoms with Crippen LogP contribution in [0.15, 0.2) is 33.9 Å². The molecule has 0 saturated carbocycles. The normalized spacial score (nSPS) is 13.2. The lowest BCUT2D eigenvalue weighted by Crippen LogP contribution is -2.36. The Morgan fingerprint density at radius 1 is 1.65 bits per heavy atom. The first-order valence-corrected chi connectivity index (χ1v) is 5.83. The van der Waals surface area contributed by atoms with Crippen molar-refractivity contribution in [2.24, 2.45) is 16.8 Å². The van der Waals surface area contributed by atoms with Crippen molar-refractivity contribution >= 4 is 27.7 Å². The molecule has 0 heterocycles. The number of carbonyl (C=O) groups excluding carboxylic acids is 1. The summed E-state index contributed by atoms with van der Waals surface area (Å²) in [5.74, 6) is -1.02. The van der Waals surface area contributed by atoms with Gasteiger partial charge in [-0.15, -0.1) is 0 Å². The highest BCUT2D eigenvalue weighted by molar-refractivity contribution is 9.10. The summed E-state index contributed by atoms with van der Waals surface area (Å²) in [5, 5.41) is 14.0. The van der Waals surface area contributed by atoms with Crippen LogP contribution in [0.25, 0.3) is 0 Å². The van der Waals surface area contributed by atoms with E-state index in [0.29, 0.717) is 6.54 Å². The Hall–Kier alpha value is -1.56. The first-order chi connectivity index (χ1) is 8.04. The van der Waals surface area contributed by atoms with Crippen LogP contribution >= 0.6 is 15.9 Å². The van der Waals surface area contributed by atoms with Crippen molar-refractivity contribution in [2.45, 2.75) is 13.5 Å². The van der Waals surface area contributed by atoms with Crippen LogP contribution in [0, 0.1) is 5.92 Å². The second-order valence-corrected chi connectivity index (χ2v) is 4.51. The molecule has 0 aromatic heterocycles. The predicted molar refractivity (Wildman–Crippen MR) is 68.6 cm³/mol. The molecule has 5 nitrogen and oxygen atoms in total. The fourth-order valence-electron chi connectivity index (χ4n) is 1.21. The molecule has 0 spiro atoms. The van der Waals surface area contributed by atoms with Crippen molar-refractivity contribution in [1.82, 2.24) is 5.32 Å². The molecule has 1 atom stereocenters. The highest BCUT2D eigenvalue weighted by Gasteiger charge is 2.16. The third kappa shape index (κ3) is 4.07. The number of amides is 1. The van der Waals surface area contributed by atoms with Crippen molar-refractivity contribution < 1.29 is 10.0 Å². The maximum absolute atomic E-state index is 11.6. The van der Waals surface area contributed by atoms with Gasteiger partial charge in [-0.2, -0.15) is 0 Å². The summed E-state index contributed by atoms with van der Waals surface area (Å²) in [4.78, 5) is 11.6. The van der Waals surface area contributed by atoms with Crippen molar-refractivity contribution in [3.05, 3.63) is 34.3 Å². The Balaban J connectivity index is 2.54. The van der Waals surface area contributed by atoms with Gasteiger partial charge in [-0.3, -0.25) is 4.79 Å². The molecule has 92 valence electrons. The van der Waals surface area contributed by atoms with Gasteiger partial charge < -0.3 is 16.3 Å². The molecule has 0 saturated heterocycles. The zero-order valence-electron chi connectivity index (χ0n) is 9.35. The maximum atomic E-state index is 11.6. The van der Waals surface area contributed by atoms with E-state index in [2.05, 4.69) is 26.4 Å². The molecule has 6 heteroatoms. The number of rotatable bonds is 4. The number of hydrogen-bond acceptors (Lipinski definition) is 3. The summed E-state index contributed by atoms with van der Waals surface area (Å²) in [6, 6.07) is 7.61. The van der Waals surface area contributed by atoms with Gasteiger partial charge in [-0.05, 0) is 24.6 Å². The summed E-state index contributed by atoms with van der Waals surface area (Å²) >= 11 is 3.35. The Labute approximate surface area is 108 Å².